The average molecular weight is 267 g/mol. The van der Waals surface area contributed by atoms with Crippen LogP contribution in [0.2, 0.25) is 0 Å². The number of aliphatic hydroxyl groups excluding tert-OH is 1. The van der Waals surface area contributed by atoms with Crippen molar-refractivity contribution in [3.8, 4) is 5.75 Å². The third-order valence-corrected chi connectivity index (χ3v) is 2.86. The van der Waals surface area contributed by atoms with Crippen LogP contribution < -0.4 is 10.1 Å². The highest BCUT2D eigenvalue weighted by Gasteiger charge is 2.11. The molecule has 0 spiro atoms. The Morgan fingerprint density at radius 1 is 1.26 bits per heavy atom. The molecule has 0 saturated heterocycles. The monoisotopic (exact) mass is 267 g/mol. The summed E-state index contributed by atoms with van der Waals surface area (Å²) in [4.78, 5) is 0. The van der Waals surface area contributed by atoms with Crippen molar-refractivity contribution in [2.45, 2.75) is 26.8 Å². The highest BCUT2D eigenvalue weighted by molar-refractivity contribution is 5.38. The van der Waals surface area contributed by atoms with Gasteiger partial charge in [0.15, 0.2) is 0 Å². The Morgan fingerprint density at radius 3 is 2.74 bits per heavy atom. The molecule has 19 heavy (non-hydrogen) atoms. The van der Waals surface area contributed by atoms with Crippen molar-refractivity contribution in [3.63, 3.8) is 0 Å². The van der Waals surface area contributed by atoms with Crippen molar-refractivity contribution in [3.05, 3.63) is 29.3 Å². The van der Waals surface area contributed by atoms with Crippen molar-refractivity contribution in [2.75, 3.05) is 33.0 Å². The Morgan fingerprint density at radius 2 is 2.05 bits per heavy atom. The lowest BCUT2D eigenvalue weighted by Crippen LogP contribution is -2.19. The molecule has 0 aliphatic carbocycles. The highest BCUT2D eigenvalue weighted by atomic mass is 16.5. The Bertz CT molecular complexity index is 368. The van der Waals surface area contributed by atoms with Gasteiger partial charge in [-0.05, 0) is 26.5 Å². The molecule has 2 N–H and O–H groups in total. The first kappa shape index (κ1) is 16.0. The molecule has 1 aromatic carbocycles. The van der Waals surface area contributed by atoms with Crippen molar-refractivity contribution < 1.29 is 14.6 Å². The van der Waals surface area contributed by atoms with E-state index in [-0.39, 0.29) is 12.6 Å². The van der Waals surface area contributed by atoms with E-state index >= 15 is 0 Å². The summed E-state index contributed by atoms with van der Waals surface area (Å²) in [6.45, 7) is 8.62. The first-order chi connectivity index (χ1) is 9.19. The molecule has 0 aliphatic heterocycles. The summed E-state index contributed by atoms with van der Waals surface area (Å²) >= 11 is 0. The van der Waals surface area contributed by atoms with Gasteiger partial charge in [-0.2, -0.15) is 0 Å². The summed E-state index contributed by atoms with van der Waals surface area (Å²) in [6, 6.07) is 6.46. The van der Waals surface area contributed by atoms with E-state index in [9.17, 15) is 0 Å². The fraction of sp³-hybridized carbons (Fsp3) is 0.600. The minimum atomic E-state index is 0.0488. The van der Waals surface area contributed by atoms with Gasteiger partial charge in [0, 0.05) is 11.6 Å². The smallest absolute Gasteiger partial charge is 0.124 e. The number of hydrogen-bond donors (Lipinski definition) is 2. The van der Waals surface area contributed by atoms with Gasteiger partial charge in [-0.3, -0.25) is 0 Å². The van der Waals surface area contributed by atoms with Crippen LogP contribution in [0.1, 0.15) is 31.0 Å². The number of benzene rings is 1. The fourth-order valence-corrected chi connectivity index (χ4v) is 1.93. The number of ether oxygens (including phenoxy) is 2. The van der Waals surface area contributed by atoms with E-state index in [0.29, 0.717) is 19.8 Å². The Hall–Kier alpha value is -1.10. The summed E-state index contributed by atoms with van der Waals surface area (Å²) < 4.78 is 10.9. The zero-order chi connectivity index (χ0) is 14.1. The summed E-state index contributed by atoms with van der Waals surface area (Å²) in [5, 5.41) is 12.0. The van der Waals surface area contributed by atoms with Crippen LogP contribution in [-0.2, 0) is 4.74 Å². The molecule has 0 heterocycles. The van der Waals surface area contributed by atoms with E-state index in [4.69, 9.17) is 14.6 Å². The number of aliphatic hydroxyl groups is 1. The Kier molecular flexibility index (Phi) is 7.48. The highest BCUT2D eigenvalue weighted by Crippen LogP contribution is 2.26. The third-order valence-electron chi connectivity index (χ3n) is 2.86. The van der Waals surface area contributed by atoms with Crippen LogP contribution in [-0.4, -0.2) is 38.1 Å². The van der Waals surface area contributed by atoms with Crippen LogP contribution in [0.5, 0.6) is 5.75 Å². The molecule has 0 saturated carbocycles. The molecule has 1 aromatic rings. The predicted octanol–water partition coefficient (Wildman–Crippen LogP) is 2.05. The Labute approximate surface area is 115 Å². The van der Waals surface area contributed by atoms with Crippen molar-refractivity contribution >= 4 is 0 Å². The van der Waals surface area contributed by atoms with Crippen LogP contribution in [0.4, 0.5) is 0 Å². The molecule has 0 fully saturated rings. The fourth-order valence-electron chi connectivity index (χ4n) is 1.93. The zero-order valence-electron chi connectivity index (χ0n) is 12.1. The first-order valence-corrected chi connectivity index (χ1v) is 6.84. The quantitative estimate of drug-likeness (QED) is 0.672. The molecule has 1 unspecified atom stereocenters. The third kappa shape index (κ3) is 5.59. The van der Waals surface area contributed by atoms with Crippen LogP contribution >= 0.6 is 0 Å². The number of rotatable bonds is 9. The zero-order valence-corrected chi connectivity index (χ0v) is 12.1. The normalized spacial score (nSPS) is 12.4. The van der Waals surface area contributed by atoms with E-state index in [2.05, 4.69) is 32.2 Å². The molecule has 4 nitrogen and oxygen atoms in total. The van der Waals surface area contributed by atoms with Crippen molar-refractivity contribution in [1.29, 1.82) is 0 Å². The second-order valence-corrected chi connectivity index (χ2v) is 4.51. The SMILES string of the molecule is CCNC(C)c1cc(C)ccc1OCCOCCO. The summed E-state index contributed by atoms with van der Waals surface area (Å²) in [7, 11) is 0. The maximum absolute atomic E-state index is 8.62. The van der Waals surface area contributed by atoms with Crippen molar-refractivity contribution in [1.82, 2.24) is 5.32 Å². The minimum absolute atomic E-state index is 0.0488. The molecule has 108 valence electrons. The van der Waals surface area contributed by atoms with Crippen LogP contribution in [0.3, 0.4) is 0 Å². The molecule has 1 rings (SSSR count). The van der Waals surface area contributed by atoms with Crippen LogP contribution in [0, 0.1) is 6.92 Å². The van der Waals surface area contributed by atoms with Crippen molar-refractivity contribution in [2.24, 2.45) is 0 Å². The first-order valence-electron chi connectivity index (χ1n) is 6.84. The summed E-state index contributed by atoms with van der Waals surface area (Å²) in [5.41, 5.74) is 2.40. The van der Waals surface area contributed by atoms with Crippen LogP contribution in [0.25, 0.3) is 0 Å². The van der Waals surface area contributed by atoms with Gasteiger partial charge in [0.1, 0.15) is 12.4 Å². The molecule has 4 heteroatoms. The van der Waals surface area contributed by atoms with E-state index in [1.165, 1.54) is 11.1 Å². The van der Waals surface area contributed by atoms with Crippen LogP contribution in [0.15, 0.2) is 18.2 Å². The molecule has 0 radical (unpaired) electrons. The lowest BCUT2D eigenvalue weighted by Gasteiger charge is -2.18. The number of aryl methyl sites for hydroxylation is 1. The minimum Gasteiger partial charge on any atom is -0.491 e. The average Bonchev–Trinajstić information content (AvgIpc) is 2.40. The largest absolute Gasteiger partial charge is 0.491 e. The number of hydrogen-bond acceptors (Lipinski definition) is 4. The standard InChI is InChI=1S/C15H25NO3/c1-4-16-13(3)14-11-12(2)5-6-15(14)19-10-9-18-8-7-17/h5-6,11,13,16-17H,4,7-10H2,1-3H3. The van der Waals surface area contributed by atoms with Gasteiger partial charge in [0.05, 0.1) is 19.8 Å². The van der Waals surface area contributed by atoms with E-state index in [1.807, 2.05) is 12.1 Å². The van der Waals surface area contributed by atoms with Gasteiger partial charge >= 0.3 is 0 Å². The van der Waals surface area contributed by atoms with Gasteiger partial charge in [-0.15, -0.1) is 0 Å². The molecular formula is C15H25NO3. The molecule has 0 bridgehead atoms. The molecule has 1 atom stereocenters. The topological polar surface area (TPSA) is 50.7 Å². The molecule has 0 aromatic heterocycles. The predicted molar refractivity (Wildman–Crippen MR) is 76.7 cm³/mol. The molecule has 0 amide bonds. The van der Waals surface area contributed by atoms with E-state index in [1.54, 1.807) is 0 Å². The van der Waals surface area contributed by atoms with Gasteiger partial charge in [-0.1, -0.05) is 24.6 Å². The molecular weight excluding hydrogens is 242 g/mol. The lowest BCUT2D eigenvalue weighted by atomic mass is 10.0. The van der Waals surface area contributed by atoms with E-state index < -0.39 is 0 Å². The van der Waals surface area contributed by atoms with Gasteiger partial charge < -0.3 is 19.9 Å². The summed E-state index contributed by atoms with van der Waals surface area (Å²) in [6.07, 6.45) is 0. The van der Waals surface area contributed by atoms with Gasteiger partial charge in [0.25, 0.3) is 0 Å². The second-order valence-electron chi connectivity index (χ2n) is 4.51. The number of nitrogens with one attached hydrogen (secondary N) is 1. The van der Waals surface area contributed by atoms with E-state index in [0.717, 1.165) is 12.3 Å². The summed E-state index contributed by atoms with van der Waals surface area (Å²) in [5.74, 6) is 0.895. The lowest BCUT2D eigenvalue weighted by molar-refractivity contribution is 0.0702. The maximum Gasteiger partial charge on any atom is 0.124 e. The van der Waals surface area contributed by atoms with Gasteiger partial charge in [-0.25, -0.2) is 0 Å². The van der Waals surface area contributed by atoms with Gasteiger partial charge in [0.2, 0.25) is 0 Å². The molecule has 0 aliphatic rings. The second kappa shape index (κ2) is 8.91. The maximum atomic E-state index is 8.62. The Balaban J connectivity index is 2.60.